The summed E-state index contributed by atoms with van der Waals surface area (Å²) in [5.74, 6) is -1.85. The van der Waals surface area contributed by atoms with Gasteiger partial charge in [-0.2, -0.15) is 0 Å². The number of nitrogens with zero attached hydrogens (tertiary/aromatic N) is 1. The maximum atomic E-state index is 11.3. The van der Waals surface area contributed by atoms with Crippen molar-refractivity contribution in [1.29, 1.82) is 0 Å². The van der Waals surface area contributed by atoms with E-state index in [-0.39, 0.29) is 10.3 Å². The fraction of sp³-hybridized carbons (Fsp3) is 0.778. The largest absolute Gasteiger partial charge is 0.550 e. The Balaban J connectivity index is 5.08. The number of Topliss-reactive ketones (excluding diaryl/α,β-unsaturated/α-hetero) is 1. The number of carboxylic acid groups (broad SMARTS) is 1. The van der Waals surface area contributed by atoms with E-state index >= 15 is 0 Å². The molecule has 0 aliphatic carbocycles. The number of carboxylic acids is 1. The van der Waals surface area contributed by atoms with Crippen LogP contribution in [-0.4, -0.2) is 54.3 Å². The quantitative estimate of drug-likeness (QED) is 0.390. The second-order valence-corrected chi connectivity index (χ2v) is 4.67. The van der Waals surface area contributed by atoms with Gasteiger partial charge in [0.1, 0.15) is 0 Å². The first kappa shape index (κ1) is 14.0. The van der Waals surface area contributed by atoms with Gasteiger partial charge in [-0.15, -0.1) is 0 Å². The summed E-state index contributed by atoms with van der Waals surface area (Å²) in [6, 6.07) is -1.00. The number of nitrogens with two attached hydrogens (primary N) is 1. The van der Waals surface area contributed by atoms with E-state index in [1.807, 2.05) is 0 Å². The number of hydrogen-bond donors (Lipinski definition) is 2. The average Bonchev–Trinajstić information content (AvgIpc) is 1.74. The lowest BCUT2D eigenvalue weighted by Crippen LogP contribution is -2.67. The van der Waals surface area contributed by atoms with Crippen molar-refractivity contribution in [3.05, 3.63) is 0 Å². The van der Waals surface area contributed by atoms with Crippen LogP contribution in [-0.2, 0) is 9.59 Å². The third kappa shape index (κ3) is 3.94. The predicted octanol–water partition coefficient (Wildman–Crippen LogP) is -2.56. The zero-order chi connectivity index (χ0) is 12.4. The predicted molar refractivity (Wildman–Crippen MR) is 51.3 cm³/mol. The number of quaternary nitrogens is 1. The van der Waals surface area contributed by atoms with Crippen LogP contribution in [0.3, 0.4) is 0 Å². The Morgan fingerprint density at radius 1 is 1.47 bits per heavy atom. The van der Waals surface area contributed by atoms with Crippen LogP contribution in [0.1, 0.15) is 13.3 Å². The fourth-order valence-corrected chi connectivity index (χ4v) is 1.90. The first-order valence-electron chi connectivity index (χ1n) is 4.51. The van der Waals surface area contributed by atoms with Crippen LogP contribution < -0.4 is 10.8 Å². The highest BCUT2D eigenvalue weighted by molar-refractivity contribution is 5.82. The number of ketones is 1. The number of aliphatic carboxylic acids is 1. The minimum atomic E-state index is -2.09. The second-order valence-electron chi connectivity index (χ2n) is 4.67. The molecule has 6 nitrogen and oxygen atoms in total. The second kappa shape index (κ2) is 4.26. The topological polar surface area (TPSA) is 103 Å². The first-order chi connectivity index (χ1) is 6.48. The lowest BCUT2D eigenvalue weighted by molar-refractivity contribution is -0.893. The third-order valence-corrected chi connectivity index (χ3v) is 2.06. The summed E-state index contributed by atoms with van der Waals surface area (Å²) in [5, 5.41) is 20.2. The smallest absolute Gasteiger partial charge is 0.191 e. The molecular weight excluding hydrogens is 200 g/mol. The van der Waals surface area contributed by atoms with Gasteiger partial charge in [0.25, 0.3) is 0 Å². The molecule has 0 bridgehead atoms. The molecule has 88 valence electrons. The van der Waals surface area contributed by atoms with Crippen molar-refractivity contribution in [3.8, 4) is 0 Å². The normalized spacial score (nSPS) is 18.0. The van der Waals surface area contributed by atoms with Crippen LogP contribution in [0.2, 0.25) is 0 Å². The fourth-order valence-electron chi connectivity index (χ4n) is 1.90. The van der Waals surface area contributed by atoms with Crippen molar-refractivity contribution in [2.45, 2.75) is 25.1 Å². The number of aliphatic hydroxyl groups is 1. The molecule has 0 rings (SSSR count). The van der Waals surface area contributed by atoms with Gasteiger partial charge in [0, 0.05) is 19.3 Å². The van der Waals surface area contributed by atoms with Crippen molar-refractivity contribution in [2.75, 3.05) is 21.1 Å². The summed E-state index contributed by atoms with van der Waals surface area (Å²) in [6.07, 6.45) is -0.771. The molecule has 3 N–H and O–H groups in total. The van der Waals surface area contributed by atoms with Gasteiger partial charge >= 0.3 is 0 Å². The van der Waals surface area contributed by atoms with Gasteiger partial charge in [-0.1, -0.05) is 0 Å². The molecule has 15 heavy (non-hydrogen) atoms. The van der Waals surface area contributed by atoms with Crippen molar-refractivity contribution < 1.29 is 24.3 Å². The Kier molecular flexibility index (Phi) is 3.98. The molecule has 0 spiro atoms. The van der Waals surface area contributed by atoms with Crippen LogP contribution in [0.25, 0.3) is 0 Å². The van der Waals surface area contributed by atoms with Gasteiger partial charge in [0.05, 0.1) is 21.1 Å². The SMILES string of the molecule is CC(=O)C(C(N)(O)CC(=O)[O-])[N+](C)(C)C. The van der Waals surface area contributed by atoms with Crippen LogP contribution in [0, 0.1) is 0 Å². The Hall–Kier alpha value is -0.980. The Morgan fingerprint density at radius 2 is 1.87 bits per heavy atom. The number of hydrogen-bond acceptors (Lipinski definition) is 5. The van der Waals surface area contributed by atoms with E-state index in [2.05, 4.69) is 0 Å². The monoisotopic (exact) mass is 218 g/mol. The lowest BCUT2D eigenvalue weighted by Gasteiger charge is -2.40. The molecule has 0 amide bonds. The van der Waals surface area contributed by atoms with Gasteiger partial charge in [-0.25, -0.2) is 0 Å². The van der Waals surface area contributed by atoms with Crippen molar-refractivity contribution in [2.24, 2.45) is 5.73 Å². The van der Waals surface area contributed by atoms with E-state index < -0.39 is 24.2 Å². The molecule has 6 heteroatoms. The number of carbonyl (C=O) groups excluding carboxylic acids is 2. The van der Waals surface area contributed by atoms with Crippen LogP contribution in [0.5, 0.6) is 0 Å². The van der Waals surface area contributed by atoms with Crippen molar-refractivity contribution in [1.82, 2.24) is 0 Å². The van der Waals surface area contributed by atoms with E-state index in [1.165, 1.54) is 6.92 Å². The van der Waals surface area contributed by atoms with E-state index in [0.29, 0.717) is 0 Å². The summed E-state index contributed by atoms with van der Waals surface area (Å²) in [4.78, 5) is 21.7. The summed E-state index contributed by atoms with van der Waals surface area (Å²) < 4.78 is 0.0512. The van der Waals surface area contributed by atoms with E-state index in [0.717, 1.165) is 0 Å². The minimum Gasteiger partial charge on any atom is -0.550 e. The highest BCUT2D eigenvalue weighted by atomic mass is 16.4. The average molecular weight is 218 g/mol. The number of rotatable bonds is 5. The zero-order valence-corrected chi connectivity index (χ0v) is 9.48. The zero-order valence-electron chi connectivity index (χ0n) is 9.48. The lowest BCUT2D eigenvalue weighted by atomic mass is 9.95. The Bertz CT molecular complexity index is 268. The summed E-state index contributed by atoms with van der Waals surface area (Å²) in [5.41, 5.74) is 3.35. The van der Waals surface area contributed by atoms with Crippen molar-refractivity contribution in [3.63, 3.8) is 0 Å². The highest BCUT2D eigenvalue weighted by Crippen LogP contribution is 2.18. The van der Waals surface area contributed by atoms with E-state index in [1.54, 1.807) is 21.1 Å². The number of likely N-dealkylation sites (N-methyl/N-ethyl adjacent to an activating group) is 1. The standard InChI is InChI=1S/C9H18N2O4/c1-6(12)8(11(2,3)4)9(10,15)5-7(13)14/h8,15H,5,10H2,1-4H3. The molecule has 0 aliphatic heterocycles. The van der Waals surface area contributed by atoms with Gasteiger partial charge in [0.15, 0.2) is 17.6 Å². The maximum absolute atomic E-state index is 11.3. The molecule has 0 aromatic rings. The van der Waals surface area contributed by atoms with Gasteiger partial charge < -0.3 is 19.5 Å². The van der Waals surface area contributed by atoms with Gasteiger partial charge in [-0.05, 0) is 0 Å². The molecule has 0 aliphatic rings. The van der Waals surface area contributed by atoms with E-state index in [4.69, 9.17) is 5.73 Å². The Labute approximate surface area is 88.9 Å². The Morgan fingerprint density at radius 3 is 2.07 bits per heavy atom. The molecule has 0 fully saturated rings. The molecule has 2 unspecified atom stereocenters. The molecule has 0 heterocycles. The molecule has 0 aromatic heterocycles. The molecule has 0 saturated heterocycles. The molecule has 0 aromatic carbocycles. The number of carbonyl (C=O) groups is 2. The molecule has 0 radical (unpaired) electrons. The maximum Gasteiger partial charge on any atom is 0.191 e. The van der Waals surface area contributed by atoms with Crippen molar-refractivity contribution >= 4 is 11.8 Å². The molecule has 0 saturated carbocycles. The molecule has 2 atom stereocenters. The van der Waals surface area contributed by atoms with Gasteiger partial charge in [-0.3, -0.25) is 10.5 Å². The summed E-state index contributed by atoms with van der Waals surface area (Å²) >= 11 is 0. The minimum absolute atomic E-state index is 0.0512. The van der Waals surface area contributed by atoms with E-state index in [9.17, 15) is 19.8 Å². The van der Waals surface area contributed by atoms with Gasteiger partial charge in [0.2, 0.25) is 0 Å². The van der Waals surface area contributed by atoms with Crippen LogP contribution in [0.4, 0.5) is 0 Å². The first-order valence-corrected chi connectivity index (χ1v) is 4.51. The summed E-state index contributed by atoms with van der Waals surface area (Å²) in [7, 11) is 4.96. The van der Waals surface area contributed by atoms with Crippen LogP contribution >= 0.6 is 0 Å². The highest BCUT2D eigenvalue weighted by Gasteiger charge is 2.45. The van der Waals surface area contributed by atoms with Crippen LogP contribution in [0.15, 0.2) is 0 Å². The summed E-state index contributed by atoms with van der Waals surface area (Å²) in [6.45, 7) is 1.27. The third-order valence-electron chi connectivity index (χ3n) is 2.06. The molecular formula is C9H18N2O4.